The molecular formula is C15H16FN3O3S. The summed E-state index contributed by atoms with van der Waals surface area (Å²) in [5.41, 5.74) is 0.846. The third-order valence-electron chi connectivity index (χ3n) is 3.08. The lowest BCUT2D eigenvalue weighted by Gasteiger charge is -2.14. The number of rotatable bonds is 5. The van der Waals surface area contributed by atoms with Gasteiger partial charge in [-0.1, -0.05) is 12.1 Å². The van der Waals surface area contributed by atoms with Crippen LogP contribution < -0.4 is 10.6 Å². The second-order valence-corrected chi connectivity index (χ2v) is 5.51. The zero-order valence-electron chi connectivity index (χ0n) is 12.8. The molecule has 0 aliphatic carbocycles. The van der Waals surface area contributed by atoms with Crippen LogP contribution in [0, 0.1) is 12.7 Å². The molecule has 0 fully saturated rings. The van der Waals surface area contributed by atoms with Gasteiger partial charge in [0.1, 0.15) is 16.4 Å². The molecule has 0 bridgehead atoms. The van der Waals surface area contributed by atoms with E-state index in [1.165, 1.54) is 25.1 Å². The summed E-state index contributed by atoms with van der Waals surface area (Å²) in [6.45, 7) is 3.10. The maximum atomic E-state index is 13.5. The van der Waals surface area contributed by atoms with Crippen LogP contribution in [0.3, 0.4) is 0 Å². The van der Waals surface area contributed by atoms with E-state index in [0.717, 1.165) is 11.5 Å². The number of amides is 1. The summed E-state index contributed by atoms with van der Waals surface area (Å²) < 4.78 is 22.7. The fraction of sp³-hybridized carbons (Fsp3) is 0.267. The van der Waals surface area contributed by atoms with Crippen LogP contribution in [-0.2, 0) is 9.53 Å². The number of hydrogen-bond donors (Lipinski definition) is 2. The minimum atomic E-state index is -1.08. The number of aromatic nitrogens is 1. The highest BCUT2D eigenvalue weighted by molar-refractivity contribution is 7.10. The van der Waals surface area contributed by atoms with Crippen molar-refractivity contribution < 1.29 is 18.7 Å². The average Bonchev–Trinajstić information content (AvgIpc) is 2.90. The number of carbonyl (C=O) groups excluding carboxylic acids is 2. The van der Waals surface area contributed by atoms with Crippen LogP contribution in [-0.4, -0.2) is 29.4 Å². The Morgan fingerprint density at radius 1 is 1.35 bits per heavy atom. The van der Waals surface area contributed by atoms with Gasteiger partial charge in [-0.25, -0.2) is 9.18 Å². The molecule has 2 rings (SSSR count). The number of aryl methyl sites for hydroxylation is 1. The van der Waals surface area contributed by atoms with E-state index in [0.29, 0.717) is 16.3 Å². The highest BCUT2D eigenvalue weighted by Gasteiger charge is 2.24. The first kappa shape index (κ1) is 16.9. The number of nitrogens with one attached hydrogen (secondary N) is 2. The molecule has 2 aromatic rings. The van der Waals surface area contributed by atoms with Gasteiger partial charge in [-0.15, -0.1) is 0 Å². The molecule has 1 aromatic heterocycles. The molecule has 0 unspecified atom stereocenters. The Kier molecular flexibility index (Phi) is 5.28. The molecule has 0 saturated heterocycles. The molecule has 0 aliphatic heterocycles. The molecule has 0 aliphatic rings. The Bertz CT molecular complexity index is 733. The van der Waals surface area contributed by atoms with Gasteiger partial charge in [-0.2, -0.15) is 4.37 Å². The van der Waals surface area contributed by atoms with Crippen molar-refractivity contribution in [2.45, 2.75) is 20.0 Å². The van der Waals surface area contributed by atoms with Crippen molar-refractivity contribution in [3.05, 3.63) is 41.3 Å². The van der Waals surface area contributed by atoms with E-state index in [1.807, 2.05) is 0 Å². The lowest BCUT2D eigenvalue weighted by atomic mass is 10.2. The van der Waals surface area contributed by atoms with Crippen molar-refractivity contribution in [2.75, 3.05) is 17.7 Å². The van der Waals surface area contributed by atoms with E-state index in [4.69, 9.17) is 4.74 Å². The Morgan fingerprint density at radius 2 is 2.04 bits per heavy atom. The molecule has 8 heteroatoms. The SMILES string of the molecule is CNc1snc(C)c1C(=O)O[C@@H](C)C(=O)Nc1ccccc1F. The fourth-order valence-electron chi connectivity index (χ4n) is 1.85. The highest BCUT2D eigenvalue weighted by atomic mass is 32.1. The molecular weight excluding hydrogens is 321 g/mol. The second kappa shape index (κ2) is 7.19. The minimum absolute atomic E-state index is 0.0321. The van der Waals surface area contributed by atoms with Gasteiger partial charge in [-0.05, 0) is 37.5 Å². The van der Waals surface area contributed by atoms with Crippen molar-refractivity contribution in [2.24, 2.45) is 0 Å². The molecule has 2 N–H and O–H groups in total. The lowest BCUT2D eigenvalue weighted by Crippen LogP contribution is -2.30. The maximum Gasteiger partial charge on any atom is 0.343 e. The van der Waals surface area contributed by atoms with Crippen molar-refractivity contribution in [3.63, 3.8) is 0 Å². The van der Waals surface area contributed by atoms with Crippen LogP contribution in [0.4, 0.5) is 15.1 Å². The van der Waals surface area contributed by atoms with E-state index in [1.54, 1.807) is 20.0 Å². The summed E-state index contributed by atoms with van der Waals surface area (Å²) in [5, 5.41) is 5.80. The molecule has 0 saturated carbocycles. The monoisotopic (exact) mass is 337 g/mol. The Morgan fingerprint density at radius 3 is 2.70 bits per heavy atom. The molecule has 23 heavy (non-hydrogen) atoms. The first-order valence-electron chi connectivity index (χ1n) is 6.84. The molecule has 1 heterocycles. The van der Waals surface area contributed by atoms with E-state index in [-0.39, 0.29) is 5.69 Å². The number of hydrogen-bond acceptors (Lipinski definition) is 6. The van der Waals surface area contributed by atoms with E-state index >= 15 is 0 Å². The maximum absolute atomic E-state index is 13.5. The van der Waals surface area contributed by atoms with Gasteiger partial charge < -0.3 is 15.4 Å². The van der Waals surface area contributed by atoms with Crippen LogP contribution in [0.1, 0.15) is 23.0 Å². The first-order valence-corrected chi connectivity index (χ1v) is 7.61. The zero-order chi connectivity index (χ0) is 17.0. The van der Waals surface area contributed by atoms with Gasteiger partial charge in [0.2, 0.25) is 0 Å². The van der Waals surface area contributed by atoms with Gasteiger partial charge in [-0.3, -0.25) is 4.79 Å². The number of para-hydroxylation sites is 1. The number of benzene rings is 1. The van der Waals surface area contributed by atoms with Gasteiger partial charge in [0.05, 0.1) is 11.4 Å². The smallest absolute Gasteiger partial charge is 0.343 e. The van der Waals surface area contributed by atoms with Crippen LogP contribution in [0.25, 0.3) is 0 Å². The van der Waals surface area contributed by atoms with Crippen molar-refractivity contribution in [1.29, 1.82) is 0 Å². The van der Waals surface area contributed by atoms with Gasteiger partial charge in [0.25, 0.3) is 5.91 Å². The van der Waals surface area contributed by atoms with Gasteiger partial charge in [0, 0.05) is 7.05 Å². The summed E-state index contributed by atoms with van der Waals surface area (Å²) in [6.07, 6.45) is -1.08. The molecule has 1 aromatic carbocycles. The molecule has 6 nitrogen and oxygen atoms in total. The highest BCUT2D eigenvalue weighted by Crippen LogP contribution is 2.25. The van der Waals surface area contributed by atoms with Gasteiger partial charge >= 0.3 is 5.97 Å². The van der Waals surface area contributed by atoms with Crippen molar-refractivity contribution in [1.82, 2.24) is 4.37 Å². The van der Waals surface area contributed by atoms with Crippen molar-refractivity contribution >= 4 is 34.1 Å². The number of nitrogens with zero attached hydrogens (tertiary/aromatic N) is 1. The van der Waals surface area contributed by atoms with Crippen LogP contribution >= 0.6 is 11.5 Å². The van der Waals surface area contributed by atoms with E-state index in [9.17, 15) is 14.0 Å². The predicted octanol–water partition coefficient (Wildman–Crippen LogP) is 2.82. The summed E-state index contributed by atoms with van der Waals surface area (Å²) in [7, 11) is 1.66. The zero-order valence-corrected chi connectivity index (χ0v) is 13.7. The topological polar surface area (TPSA) is 80.3 Å². The Balaban J connectivity index is 2.05. The van der Waals surface area contributed by atoms with Crippen LogP contribution in [0.15, 0.2) is 24.3 Å². The number of carbonyl (C=O) groups is 2. The third-order valence-corrected chi connectivity index (χ3v) is 4.03. The van der Waals surface area contributed by atoms with Crippen LogP contribution in [0.2, 0.25) is 0 Å². The Labute approximate surface area is 136 Å². The summed E-state index contributed by atoms with van der Waals surface area (Å²) in [4.78, 5) is 24.2. The summed E-state index contributed by atoms with van der Waals surface area (Å²) >= 11 is 1.13. The normalized spacial score (nSPS) is 11.7. The third kappa shape index (κ3) is 3.84. The standard InChI is InChI=1S/C15H16FN3O3S/c1-8-12(14(17-3)23-19-8)15(21)22-9(2)13(20)18-11-7-5-4-6-10(11)16/h4-7,9,17H,1-3H3,(H,18,20)/t9-/m0/s1. The van der Waals surface area contributed by atoms with E-state index < -0.39 is 23.8 Å². The molecule has 1 amide bonds. The van der Waals surface area contributed by atoms with Crippen molar-refractivity contribution in [3.8, 4) is 0 Å². The summed E-state index contributed by atoms with van der Waals surface area (Å²) in [6, 6.07) is 5.76. The molecule has 1 atom stereocenters. The fourth-order valence-corrected chi connectivity index (χ4v) is 2.58. The Hall–Kier alpha value is -2.48. The molecule has 122 valence electrons. The average molecular weight is 337 g/mol. The predicted molar refractivity (Wildman–Crippen MR) is 86.3 cm³/mol. The molecule has 0 radical (unpaired) electrons. The number of anilines is 2. The minimum Gasteiger partial charge on any atom is -0.449 e. The number of ether oxygens (including phenoxy) is 1. The second-order valence-electron chi connectivity index (χ2n) is 4.74. The van der Waals surface area contributed by atoms with Gasteiger partial charge in [0.15, 0.2) is 6.10 Å². The summed E-state index contributed by atoms with van der Waals surface area (Å²) in [5.74, 6) is -1.83. The largest absolute Gasteiger partial charge is 0.449 e. The number of halogens is 1. The number of esters is 1. The lowest BCUT2D eigenvalue weighted by molar-refractivity contribution is -0.123. The van der Waals surface area contributed by atoms with E-state index in [2.05, 4.69) is 15.0 Å². The van der Waals surface area contributed by atoms with Crippen LogP contribution in [0.5, 0.6) is 0 Å². The quantitative estimate of drug-likeness (QED) is 0.820. The first-order chi connectivity index (χ1) is 10.9. The molecule has 0 spiro atoms.